The predicted molar refractivity (Wildman–Crippen MR) is 126 cm³/mol. The normalized spacial score (nSPS) is 14.5. The van der Waals surface area contributed by atoms with Crippen molar-refractivity contribution < 1.29 is 9.90 Å². The van der Waals surface area contributed by atoms with E-state index in [4.69, 9.17) is 18.0 Å². The Morgan fingerprint density at radius 3 is 2.47 bits per heavy atom. The van der Waals surface area contributed by atoms with Crippen LogP contribution in [0.1, 0.15) is 36.0 Å². The molecule has 1 heterocycles. The molecule has 2 aromatic carbocycles. The SMILES string of the molecule is NC(=S)Nc1cc(C(=O)CCCCCN2CCN(c3ccccc3)CC2)ccc1O. The number of Topliss-reactive ketones (excluding diaryl/α,β-unsaturated/α-hetero) is 1. The van der Waals surface area contributed by atoms with E-state index in [1.807, 2.05) is 0 Å². The van der Waals surface area contributed by atoms with Gasteiger partial charge in [-0.3, -0.25) is 9.69 Å². The van der Waals surface area contributed by atoms with Crippen molar-refractivity contribution in [1.29, 1.82) is 0 Å². The molecule has 6 nitrogen and oxygen atoms in total. The fraction of sp³-hybridized carbons (Fsp3) is 0.391. The first-order valence-electron chi connectivity index (χ1n) is 10.5. The van der Waals surface area contributed by atoms with Crippen LogP contribution in [0.3, 0.4) is 0 Å². The summed E-state index contributed by atoms with van der Waals surface area (Å²) in [6.07, 6.45) is 3.49. The van der Waals surface area contributed by atoms with E-state index in [9.17, 15) is 9.90 Å². The van der Waals surface area contributed by atoms with Crippen molar-refractivity contribution in [2.24, 2.45) is 5.73 Å². The zero-order valence-electron chi connectivity index (χ0n) is 17.2. The first kappa shape index (κ1) is 22.1. The van der Waals surface area contributed by atoms with Gasteiger partial charge in [-0.2, -0.15) is 0 Å². The second-order valence-corrected chi connectivity index (χ2v) is 8.06. The lowest BCUT2D eigenvalue weighted by molar-refractivity contribution is 0.0978. The number of ketones is 1. The standard InChI is InChI=1S/C23H30N4O2S/c24-23(30)25-20-17-18(10-11-22(20)29)21(28)9-5-2-6-12-26-13-15-27(16-14-26)19-7-3-1-4-8-19/h1,3-4,7-8,10-11,17,29H,2,5-6,9,12-16H2,(H3,24,25,30). The number of phenols is 1. The molecule has 2 aromatic rings. The smallest absolute Gasteiger partial charge is 0.168 e. The molecule has 1 saturated heterocycles. The van der Waals surface area contributed by atoms with Gasteiger partial charge in [-0.1, -0.05) is 24.6 Å². The highest BCUT2D eigenvalue weighted by atomic mass is 32.1. The summed E-state index contributed by atoms with van der Waals surface area (Å²) in [6, 6.07) is 15.3. The van der Waals surface area contributed by atoms with E-state index in [0.29, 0.717) is 17.7 Å². The number of phenolic OH excluding ortho intramolecular Hbond substituents is 1. The second kappa shape index (κ2) is 10.9. The summed E-state index contributed by atoms with van der Waals surface area (Å²) in [7, 11) is 0. The number of anilines is 2. The number of carbonyl (C=O) groups excluding carboxylic acids is 1. The van der Waals surface area contributed by atoms with Gasteiger partial charge in [0.25, 0.3) is 0 Å². The van der Waals surface area contributed by atoms with Gasteiger partial charge < -0.3 is 21.1 Å². The largest absolute Gasteiger partial charge is 0.506 e. The highest BCUT2D eigenvalue weighted by Gasteiger charge is 2.16. The summed E-state index contributed by atoms with van der Waals surface area (Å²) in [4.78, 5) is 17.4. The van der Waals surface area contributed by atoms with Crippen molar-refractivity contribution >= 4 is 34.5 Å². The Balaban J connectivity index is 1.34. The van der Waals surface area contributed by atoms with E-state index in [1.54, 1.807) is 12.1 Å². The van der Waals surface area contributed by atoms with Crippen LogP contribution < -0.4 is 16.0 Å². The molecule has 0 atom stereocenters. The molecule has 0 saturated carbocycles. The Labute approximate surface area is 183 Å². The Morgan fingerprint density at radius 2 is 1.77 bits per heavy atom. The molecular weight excluding hydrogens is 396 g/mol. The third-order valence-corrected chi connectivity index (χ3v) is 5.55. The van der Waals surface area contributed by atoms with Crippen LogP contribution in [0.5, 0.6) is 5.75 Å². The number of para-hydroxylation sites is 1. The molecule has 0 aliphatic carbocycles. The summed E-state index contributed by atoms with van der Waals surface area (Å²) >= 11 is 4.79. The summed E-state index contributed by atoms with van der Waals surface area (Å²) in [5, 5.41) is 12.6. The molecule has 0 amide bonds. The second-order valence-electron chi connectivity index (χ2n) is 7.62. The number of piperazine rings is 1. The number of hydrogen-bond donors (Lipinski definition) is 3. The molecule has 0 aromatic heterocycles. The summed E-state index contributed by atoms with van der Waals surface area (Å²) in [6.45, 7) is 5.37. The van der Waals surface area contributed by atoms with E-state index in [0.717, 1.165) is 52.0 Å². The van der Waals surface area contributed by atoms with Gasteiger partial charge in [0.05, 0.1) is 5.69 Å². The Morgan fingerprint density at radius 1 is 1.03 bits per heavy atom. The molecule has 1 fully saturated rings. The summed E-state index contributed by atoms with van der Waals surface area (Å²) in [5.41, 5.74) is 7.67. The number of unbranched alkanes of at least 4 members (excludes halogenated alkanes) is 2. The first-order valence-corrected chi connectivity index (χ1v) is 10.9. The zero-order chi connectivity index (χ0) is 21.3. The molecule has 0 radical (unpaired) electrons. The summed E-state index contributed by atoms with van der Waals surface area (Å²) in [5.74, 6) is 0.0872. The van der Waals surface area contributed by atoms with E-state index in [2.05, 4.69) is 45.4 Å². The molecule has 1 aliphatic heterocycles. The van der Waals surface area contributed by atoms with Crippen LogP contribution in [-0.2, 0) is 0 Å². The zero-order valence-corrected chi connectivity index (χ0v) is 18.0. The number of carbonyl (C=O) groups is 1. The van der Waals surface area contributed by atoms with Gasteiger partial charge in [-0.25, -0.2) is 0 Å². The number of nitrogens with one attached hydrogen (secondary N) is 1. The topological polar surface area (TPSA) is 81.8 Å². The van der Waals surface area contributed by atoms with Gasteiger partial charge in [0.2, 0.25) is 0 Å². The van der Waals surface area contributed by atoms with Gasteiger partial charge in [0.15, 0.2) is 10.9 Å². The lowest BCUT2D eigenvalue weighted by Crippen LogP contribution is -2.46. The van der Waals surface area contributed by atoms with Gasteiger partial charge in [0, 0.05) is 43.9 Å². The van der Waals surface area contributed by atoms with E-state index >= 15 is 0 Å². The van der Waals surface area contributed by atoms with Crippen molar-refractivity contribution in [3.05, 3.63) is 54.1 Å². The Hall–Kier alpha value is -2.64. The maximum atomic E-state index is 12.4. The van der Waals surface area contributed by atoms with Crippen molar-refractivity contribution in [2.45, 2.75) is 25.7 Å². The number of nitrogens with two attached hydrogens (primary N) is 1. The highest BCUT2D eigenvalue weighted by molar-refractivity contribution is 7.80. The third kappa shape index (κ3) is 6.43. The maximum absolute atomic E-state index is 12.4. The van der Waals surface area contributed by atoms with Gasteiger partial charge in [0.1, 0.15) is 5.75 Å². The Bertz CT molecular complexity index is 852. The molecule has 4 N–H and O–H groups in total. The average Bonchev–Trinajstić information content (AvgIpc) is 2.75. The van der Waals surface area contributed by atoms with E-state index in [1.165, 1.54) is 11.8 Å². The minimum atomic E-state index is 0.0201. The quantitative estimate of drug-likeness (QED) is 0.245. The van der Waals surface area contributed by atoms with E-state index in [-0.39, 0.29) is 16.6 Å². The van der Waals surface area contributed by atoms with Crippen molar-refractivity contribution in [3.8, 4) is 5.75 Å². The molecule has 1 aliphatic rings. The van der Waals surface area contributed by atoms with Crippen LogP contribution in [0.2, 0.25) is 0 Å². The number of nitrogens with zero attached hydrogens (tertiary/aromatic N) is 2. The fourth-order valence-electron chi connectivity index (χ4n) is 3.75. The lowest BCUT2D eigenvalue weighted by atomic mass is 10.0. The summed E-state index contributed by atoms with van der Waals surface area (Å²) < 4.78 is 0. The molecular formula is C23H30N4O2S. The first-order chi connectivity index (χ1) is 14.5. The maximum Gasteiger partial charge on any atom is 0.168 e. The van der Waals surface area contributed by atoms with Crippen molar-refractivity contribution in [3.63, 3.8) is 0 Å². The Kier molecular flexibility index (Phi) is 8.04. The van der Waals surface area contributed by atoms with Crippen LogP contribution in [0.25, 0.3) is 0 Å². The fourth-order valence-corrected chi connectivity index (χ4v) is 3.86. The number of thiocarbonyl (C=S) groups is 1. The number of benzene rings is 2. The lowest BCUT2D eigenvalue weighted by Gasteiger charge is -2.36. The van der Waals surface area contributed by atoms with Crippen LogP contribution in [-0.4, -0.2) is 53.6 Å². The number of aromatic hydroxyl groups is 1. The number of hydrogen-bond acceptors (Lipinski definition) is 5. The third-order valence-electron chi connectivity index (χ3n) is 5.45. The van der Waals surface area contributed by atoms with Crippen molar-refractivity contribution in [1.82, 2.24) is 4.90 Å². The monoisotopic (exact) mass is 426 g/mol. The molecule has 30 heavy (non-hydrogen) atoms. The highest BCUT2D eigenvalue weighted by Crippen LogP contribution is 2.25. The van der Waals surface area contributed by atoms with Crippen LogP contribution >= 0.6 is 12.2 Å². The molecule has 0 bridgehead atoms. The van der Waals surface area contributed by atoms with Crippen molar-refractivity contribution in [2.75, 3.05) is 42.9 Å². The van der Waals surface area contributed by atoms with Gasteiger partial charge in [-0.05, 0) is 61.9 Å². The van der Waals surface area contributed by atoms with Crippen LogP contribution in [0.15, 0.2) is 48.5 Å². The molecule has 0 unspecified atom stereocenters. The van der Waals surface area contributed by atoms with Gasteiger partial charge in [-0.15, -0.1) is 0 Å². The van der Waals surface area contributed by atoms with Crippen LogP contribution in [0.4, 0.5) is 11.4 Å². The average molecular weight is 427 g/mol. The predicted octanol–water partition coefficient (Wildman–Crippen LogP) is 3.61. The molecule has 7 heteroatoms. The minimum absolute atomic E-state index is 0.0201. The molecule has 160 valence electrons. The van der Waals surface area contributed by atoms with Gasteiger partial charge >= 0.3 is 0 Å². The van der Waals surface area contributed by atoms with Crippen LogP contribution in [0, 0.1) is 0 Å². The molecule has 0 spiro atoms. The minimum Gasteiger partial charge on any atom is -0.506 e. The molecule has 3 rings (SSSR count). The van der Waals surface area contributed by atoms with E-state index < -0.39 is 0 Å². The number of rotatable bonds is 9.